The van der Waals surface area contributed by atoms with Gasteiger partial charge < -0.3 is 9.47 Å². The summed E-state index contributed by atoms with van der Waals surface area (Å²) >= 11 is 0. The van der Waals surface area contributed by atoms with Crippen LogP contribution in [0.5, 0.6) is 0 Å². The summed E-state index contributed by atoms with van der Waals surface area (Å²) in [7, 11) is 0. The van der Waals surface area contributed by atoms with Gasteiger partial charge in [0.15, 0.2) is 0 Å². The molecule has 2 aliphatic carbocycles. The second kappa shape index (κ2) is 15.8. The van der Waals surface area contributed by atoms with Crippen molar-refractivity contribution in [1.82, 2.24) is 4.57 Å². The van der Waals surface area contributed by atoms with Gasteiger partial charge in [-0.3, -0.25) is 0 Å². The summed E-state index contributed by atoms with van der Waals surface area (Å²) in [5, 5.41) is 2.51. The molecule has 11 aromatic carbocycles. The van der Waals surface area contributed by atoms with E-state index in [1.165, 1.54) is 88.6 Å². The van der Waals surface area contributed by atoms with Gasteiger partial charge in [-0.25, -0.2) is 0 Å². The zero-order chi connectivity index (χ0) is 46.2. The van der Waals surface area contributed by atoms with Gasteiger partial charge in [0.05, 0.1) is 27.6 Å². The summed E-state index contributed by atoms with van der Waals surface area (Å²) in [6.45, 7) is 0. The molecule has 2 heteroatoms. The summed E-state index contributed by atoms with van der Waals surface area (Å²) in [5.74, 6) is 0. The van der Waals surface area contributed by atoms with Crippen LogP contribution in [0.4, 0.5) is 17.1 Å². The van der Waals surface area contributed by atoms with E-state index in [9.17, 15) is 0 Å². The molecule has 2 nitrogen and oxygen atoms in total. The van der Waals surface area contributed by atoms with Crippen molar-refractivity contribution in [1.29, 1.82) is 0 Å². The topological polar surface area (TPSA) is 8.17 Å². The van der Waals surface area contributed by atoms with Crippen LogP contribution in [0.25, 0.3) is 49.7 Å². The van der Waals surface area contributed by atoms with E-state index in [0.29, 0.717) is 0 Å². The summed E-state index contributed by atoms with van der Waals surface area (Å²) in [6, 6.07) is 103. The highest BCUT2D eigenvalue weighted by atomic mass is 15.1. The van der Waals surface area contributed by atoms with Gasteiger partial charge in [0.1, 0.15) is 0 Å². The molecule has 0 fully saturated rings. The molecule has 0 spiro atoms. The Hall–Kier alpha value is -8.98. The predicted molar refractivity (Wildman–Crippen MR) is 290 cm³/mol. The summed E-state index contributed by atoms with van der Waals surface area (Å²) in [5.41, 5.74) is 21.0. The third-order valence-corrected chi connectivity index (χ3v) is 15.4. The lowest BCUT2D eigenvalue weighted by Gasteiger charge is -2.35. The Labute approximate surface area is 408 Å². The Morgan fingerprint density at radius 1 is 0.271 bits per heavy atom. The highest BCUT2D eigenvalue weighted by molar-refractivity contribution is 6.09. The molecule has 2 aliphatic rings. The Morgan fingerprint density at radius 3 is 1.16 bits per heavy atom. The van der Waals surface area contributed by atoms with Crippen molar-refractivity contribution in [2.45, 2.75) is 10.8 Å². The first-order valence-corrected chi connectivity index (χ1v) is 24.3. The van der Waals surface area contributed by atoms with Crippen LogP contribution in [0.3, 0.4) is 0 Å². The van der Waals surface area contributed by atoms with E-state index in [1.807, 2.05) is 0 Å². The Balaban J connectivity index is 1.01. The monoisotopic (exact) mass is 890 g/mol. The van der Waals surface area contributed by atoms with E-state index in [2.05, 4.69) is 289 Å². The number of para-hydroxylation sites is 2. The minimum absolute atomic E-state index is 0.500. The summed E-state index contributed by atoms with van der Waals surface area (Å²) < 4.78 is 2.40. The van der Waals surface area contributed by atoms with E-state index >= 15 is 0 Å². The van der Waals surface area contributed by atoms with Crippen molar-refractivity contribution in [3.8, 4) is 27.9 Å². The Kier molecular flexibility index (Phi) is 9.06. The summed E-state index contributed by atoms with van der Waals surface area (Å²) in [4.78, 5) is 2.49. The van der Waals surface area contributed by atoms with Gasteiger partial charge in [0, 0.05) is 33.4 Å². The maximum atomic E-state index is 2.49. The minimum Gasteiger partial charge on any atom is -0.310 e. The quantitative estimate of drug-likeness (QED) is 0.148. The fraction of sp³-hybridized carbons (Fsp3) is 0.0294. The van der Waals surface area contributed by atoms with Crippen molar-refractivity contribution < 1.29 is 0 Å². The van der Waals surface area contributed by atoms with Crippen LogP contribution in [0.15, 0.2) is 279 Å². The summed E-state index contributed by atoms with van der Waals surface area (Å²) in [6.07, 6.45) is 0. The van der Waals surface area contributed by atoms with Crippen LogP contribution in [0.1, 0.15) is 44.5 Å². The highest BCUT2D eigenvalue weighted by Gasteiger charge is 2.48. The molecule has 0 saturated carbocycles. The average molecular weight is 891 g/mol. The molecule has 70 heavy (non-hydrogen) atoms. The standard InChI is InChI=1S/C68H46N2/c1-4-21-47(22-5-1)67(59-32-15-10-27-54(59)55-28-11-16-33-60(55)67)50-39-41-51(42-40-50)69(52-43-45-53(46-44-52)70-63-36-18-13-29-56(63)57-30-14-19-37-64(57)70)65-38-20-35-62-66(65)58-31-12-17-34-61(58)68(62,48-23-6-2-7-24-48)49-25-8-3-9-26-49/h1-46H. The Bertz CT molecular complexity index is 3790. The van der Waals surface area contributed by atoms with Gasteiger partial charge in [0.25, 0.3) is 0 Å². The number of benzene rings is 11. The fourth-order valence-electron chi connectivity index (χ4n) is 12.6. The molecular formula is C68H46N2. The second-order valence-electron chi connectivity index (χ2n) is 18.7. The van der Waals surface area contributed by atoms with Crippen LogP contribution < -0.4 is 4.90 Å². The highest BCUT2D eigenvalue weighted by Crippen LogP contribution is 2.60. The predicted octanol–water partition coefficient (Wildman–Crippen LogP) is 17.0. The molecular weight excluding hydrogens is 845 g/mol. The first kappa shape index (κ1) is 40.1. The maximum Gasteiger partial charge on any atom is 0.0714 e. The van der Waals surface area contributed by atoms with E-state index in [1.54, 1.807) is 0 Å². The van der Waals surface area contributed by atoms with E-state index in [-0.39, 0.29) is 0 Å². The molecule has 1 heterocycles. The van der Waals surface area contributed by atoms with Crippen LogP contribution in [0.2, 0.25) is 0 Å². The van der Waals surface area contributed by atoms with Crippen LogP contribution in [-0.4, -0.2) is 4.57 Å². The van der Waals surface area contributed by atoms with Gasteiger partial charge in [-0.2, -0.15) is 0 Å². The number of fused-ring (bicyclic) bond motifs is 9. The second-order valence-corrected chi connectivity index (χ2v) is 18.7. The molecule has 0 bridgehead atoms. The van der Waals surface area contributed by atoms with Crippen LogP contribution in [0, 0.1) is 0 Å². The number of rotatable bonds is 8. The van der Waals surface area contributed by atoms with Gasteiger partial charge in [-0.05, 0) is 116 Å². The molecule has 0 unspecified atom stereocenters. The number of hydrogen-bond acceptors (Lipinski definition) is 1. The molecule has 328 valence electrons. The van der Waals surface area contributed by atoms with Crippen molar-refractivity contribution in [2.75, 3.05) is 4.90 Å². The maximum absolute atomic E-state index is 2.49. The SMILES string of the molecule is c1ccc(C2(c3ccc(N(c4ccc(-n5c6ccccc6c6ccccc65)cc4)c4cccc5c4-c4ccccc4C5(c4ccccc4)c4ccccc4)cc3)c3ccccc3-c3ccccc32)cc1. The molecule has 0 amide bonds. The number of aromatic nitrogens is 1. The first-order valence-electron chi connectivity index (χ1n) is 24.3. The zero-order valence-corrected chi connectivity index (χ0v) is 38.5. The minimum atomic E-state index is -0.536. The molecule has 0 radical (unpaired) electrons. The molecule has 0 aliphatic heterocycles. The average Bonchev–Trinajstić information content (AvgIpc) is 4.06. The third kappa shape index (κ3) is 5.62. The molecule has 1 aromatic heterocycles. The van der Waals surface area contributed by atoms with E-state index < -0.39 is 10.8 Å². The number of anilines is 3. The molecule has 0 saturated heterocycles. The van der Waals surface area contributed by atoms with Crippen molar-refractivity contribution in [2.24, 2.45) is 0 Å². The lowest BCUT2D eigenvalue weighted by molar-refractivity contribution is 0.768. The number of hydrogen-bond donors (Lipinski definition) is 0. The van der Waals surface area contributed by atoms with Crippen LogP contribution in [-0.2, 0) is 10.8 Å². The van der Waals surface area contributed by atoms with Crippen LogP contribution >= 0.6 is 0 Å². The third-order valence-electron chi connectivity index (χ3n) is 15.4. The zero-order valence-electron chi connectivity index (χ0n) is 38.5. The van der Waals surface area contributed by atoms with E-state index in [0.717, 1.165) is 22.7 Å². The lowest BCUT2D eigenvalue weighted by Crippen LogP contribution is -2.28. The molecule has 0 atom stereocenters. The fourth-order valence-corrected chi connectivity index (χ4v) is 12.6. The number of nitrogens with zero attached hydrogens (tertiary/aromatic N) is 2. The molecule has 12 aromatic rings. The largest absolute Gasteiger partial charge is 0.310 e. The lowest BCUT2D eigenvalue weighted by atomic mass is 9.67. The first-order chi connectivity index (χ1) is 34.8. The normalized spacial score (nSPS) is 13.7. The molecule has 0 N–H and O–H groups in total. The molecule has 14 rings (SSSR count). The van der Waals surface area contributed by atoms with Crippen molar-refractivity contribution in [3.05, 3.63) is 324 Å². The van der Waals surface area contributed by atoms with Crippen molar-refractivity contribution in [3.63, 3.8) is 0 Å². The van der Waals surface area contributed by atoms with Gasteiger partial charge in [-0.1, -0.05) is 224 Å². The van der Waals surface area contributed by atoms with E-state index in [4.69, 9.17) is 0 Å². The smallest absolute Gasteiger partial charge is 0.0714 e. The van der Waals surface area contributed by atoms with Gasteiger partial charge in [0.2, 0.25) is 0 Å². The van der Waals surface area contributed by atoms with Crippen molar-refractivity contribution >= 4 is 38.9 Å². The Morgan fingerprint density at radius 2 is 0.643 bits per heavy atom. The van der Waals surface area contributed by atoms with Gasteiger partial charge in [-0.15, -0.1) is 0 Å². The van der Waals surface area contributed by atoms with Gasteiger partial charge >= 0.3 is 0 Å².